The minimum Gasteiger partial charge on any atom is -0.385 e. The highest BCUT2D eigenvalue weighted by atomic mass is 16.3. The second kappa shape index (κ2) is 7.02. The molecule has 2 saturated heterocycles. The molecular weight excluding hydrogens is 342 g/mol. The zero-order valence-electron chi connectivity index (χ0n) is 16.6. The van der Waals surface area contributed by atoms with Crippen LogP contribution in [0.25, 0.3) is 10.8 Å². The number of nitrogens with zero attached hydrogens (tertiary/aromatic N) is 1. The van der Waals surface area contributed by atoms with Gasteiger partial charge in [0.25, 0.3) is 0 Å². The van der Waals surface area contributed by atoms with Gasteiger partial charge in [0.1, 0.15) is 0 Å². The number of hydrogen-bond acceptors (Lipinski definition) is 2. The van der Waals surface area contributed by atoms with Gasteiger partial charge in [0.2, 0.25) is 0 Å². The molecular formula is C26H29NO. The molecule has 0 aromatic heterocycles. The predicted octanol–water partition coefficient (Wildman–Crippen LogP) is 5.55. The lowest BCUT2D eigenvalue weighted by atomic mass is 9.70. The number of fused-ring (bicyclic) bond motifs is 3. The summed E-state index contributed by atoms with van der Waals surface area (Å²) in [5.74, 6) is 0. The summed E-state index contributed by atoms with van der Waals surface area (Å²) in [5, 5.41) is 14.4. The molecule has 2 heteroatoms. The number of aliphatic hydroxyl groups is 1. The molecule has 0 radical (unpaired) electrons. The van der Waals surface area contributed by atoms with Crippen molar-refractivity contribution in [1.29, 1.82) is 0 Å². The van der Waals surface area contributed by atoms with E-state index in [0.717, 1.165) is 19.4 Å². The molecule has 2 bridgehead atoms. The van der Waals surface area contributed by atoms with Crippen LogP contribution in [0.1, 0.15) is 48.8 Å². The van der Waals surface area contributed by atoms with E-state index < -0.39 is 5.60 Å². The molecule has 2 unspecified atom stereocenters. The number of piperidine rings is 2. The fourth-order valence-corrected chi connectivity index (χ4v) is 5.78. The van der Waals surface area contributed by atoms with Crippen molar-refractivity contribution in [3.05, 3.63) is 83.4 Å². The lowest BCUT2D eigenvalue weighted by molar-refractivity contribution is -0.0994. The average molecular weight is 372 g/mol. The first-order valence-corrected chi connectivity index (χ1v) is 10.6. The zero-order valence-corrected chi connectivity index (χ0v) is 16.6. The van der Waals surface area contributed by atoms with Crippen molar-refractivity contribution in [3.63, 3.8) is 0 Å². The maximum absolute atomic E-state index is 12.0. The molecule has 2 atom stereocenters. The summed E-state index contributed by atoms with van der Waals surface area (Å²) in [6.45, 7) is 3.16. The van der Waals surface area contributed by atoms with Gasteiger partial charge in [0.05, 0.1) is 5.60 Å². The number of rotatable bonds is 3. The van der Waals surface area contributed by atoms with Gasteiger partial charge < -0.3 is 5.11 Å². The fraction of sp³-hybridized carbons (Fsp3) is 0.385. The first-order valence-electron chi connectivity index (χ1n) is 10.6. The van der Waals surface area contributed by atoms with Crippen LogP contribution < -0.4 is 0 Å². The monoisotopic (exact) mass is 371 g/mol. The minimum absolute atomic E-state index is 0.455. The molecule has 1 N–H and O–H groups in total. The first kappa shape index (κ1) is 17.9. The number of aryl methyl sites for hydroxylation is 1. The molecule has 28 heavy (non-hydrogen) atoms. The van der Waals surface area contributed by atoms with Crippen molar-refractivity contribution in [3.8, 4) is 0 Å². The number of hydrogen-bond donors (Lipinski definition) is 1. The topological polar surface area (TPSA) is 23.5 Å². The van der Waals surface area contributed by atoms with E-state index in [1.807, 2.05) is 0 Å². The van der Waals surface area contributed by atoms with Gasteiger partial charge in [-0.2, -0.15) is 0 Å². The Morgan fingerprint density at radius 3 is 2.32 bits per heavy atom. The number of benzene rings is 3. The van der Waals surface area contributed by atoms with Crippen molar-refractivity contribution in [2.75, 3.05) is 0 Å². The molecule has 3 aromatic carbocycles. The zero-order chi connectivity index (χ0) is 19.1. The lowest BCUT2D eigenvalue weighted by Gasteiger charge is -2.52. The minimum atomic E-state index is -0.728. The molecule has 5 rings (SSSR count). The Hall–Kier alpha value is -2.16. The van der Waals surface area contributed by atoms with Crippen molar-refractivity contribution in [1.82, 2.24) is 4.90 Å². The van der Waals surface area contributed by atoms with E-state index in [0.29, 0.717) is 12.1 Å². The molecule has 2 nitrogen and oxygen atoms in total. The summed E-state index contributed by atoms with van der Waals surface area (Å²) < 4.78 is 0. The Balaban J connectivity index is 1.51. The molecule has 2 aliphatic heterocycles. The Morgan fingerprint density at radius 1 is 0.893 bits per heavy atom. The van der Waals surface area contributed by atoms with Crippen LogP contribution in [0.15, 0.2) is 66.7 Å². The van der Waals surface area contributed by atoms with E-state index in [1.165, 1.54) is 46.7 Å². The Kier molecular flexibility index (Phi) is 4.49. The molecule has 3 aromatic rings. The van der Waals surface area contributed by atoms with E-state index in [4.69, 9.17) is 0 Å². The van der Waals surface area contributed by atoms with Gasteiger partial charge in [-0.3, -0.25) is 4.90 Å². The molecule has 144 valence electrons. The van der Waals surface area contributed by atoms with E-state index in [9.17, 15) is 5.11 Å². The van der Waals surface area contributed by atoms with Crippen LogP contribution >= 0.6 is 0 Å². The highest BCUT2D eigenvalue weighted by molar-refractivity contribution is 5.87. The van der Waals surface area contributed by atoms with Crippen LogP contribution in [0.3, 0.4) is 0 Å². The third-order valence-electron chi connectivity index (χ3n) is 6.97. The predicted molar refractivity (Wildman–Crippen MR) is 115 cm³/mol. The van der Waals surface area contributed by atoms with Gasteiger partial charge in [0, 0.05) is 18.6 Å². The van der Waals surface area contributed by atoms with Crippen LogP contribution in [0.5, 0.6) is 0 Å². The van der Waals surface area contributed by atoms with Gasteiger partial charge in [-0.05, 0) is 60.1 Å². The van der Waals surface area contributed by atoms with Gasteiger partial charge >= 0.3 is 0 Å². The summed E-state index contributed by atoms with van der Waals surface area (Å²) in [6, 6.07) is 24.6. The molecule has 2 heterocycles. The van der Waals surface area contributed by atoms with Crippen LogP contribution in [0.4, 0.5) is 0 Å². The largest absolute Gasteiger partial charge is 0.385 e. The van der Waals surface area contributed by atoms with E-state index >= 15 is 0 Å². The standard InChI is InChI=1S/C26H29NO/c1-19-14-15-21-10-5-6-13-24(21)25(19)26(28)16-22-11-7-12-23(17-26)27(22)18-20-8-3-2-4-9-20/h2-6,8-10,13-15,22-23,28H,7,11-12,16-18H2,1H3. The van der Waals surface area contributed by atoms with Gasteiger partial charge in [-0.25, -0.2) is 0 Å². The van der Waals surface area contributed by atoms with Gasteiger partial charge in [0.15, 0.2) is 0 Å². The normalized spacial score (nSPS) is 27.8. The quantitative estimate of drug-likeness (QED) is 0.652. The summed E-state index contributed by atoms with van der Waals surface area (Å²) in [6.07, 6.45) is 5.34. The third-order valence-corrected chi connectivity index (χ3v) is 6.97. The second-order valence-corrected chi connectivity index (χ2v) is 8.81. The van der Waals surface area contributed by atoms with Crippen LogP contribution in [0, 0.1) is 6.92 Å². The average Bonchev–Trinajstić information content (AvgIpc) is 2.69. The summed E-state index contributed by atoms with van der Waals surface area (Å²) in [7, 11) is 0. The highest BCUT2D eigenvalue weighted by Gasteiger charge is 2.47. The highest BCUT2D eigenvalue weighted by Crippen LogP contribution is 2.47. The lowest BCUT2D eigenvalue weighted by Crippen LogP contribution is -2.56. The van der Waals surface area contributed by atoms with Crippen molar-refractivity contribution in [2.45, 2.75) is 63.3 Å². The third kappa shape index (κ3) is 3.05. The van der Waals surface area contributed by atoms with Gasteiger partial charge in [-0.1, -0.05) is 73.2 Å². The van der Waals surface area contributed by atoms with Crippen molar-refractivity contribution in [2.24, 2.45) is 0 Å². The fourth-order valence-electron chi connectivity index (χ4n) is 5.78. The molecule has 2 fully saturated rings. The SMILES string of the molecule is Cc1ccc2ccccc2c1C1(O)CC2CCCC(C1)N2Cc1ccccc1. The maximum Gasteiger partial charge on any atom is 0.0934 e. The van der Waals surface area contributed by atoms with Crippen molar-refractivity contribution < 1.29 is 5.11 Å². The molecule has 0 amide bonds. The maximum atomic E-state index is 12.0. The first-order chi connectivity index (χ1) is 13.6. The van der Waals surface area contributed by atoms with Crippen LogP contribution in [-0.4, -0.2) is 22.1 Å². The Labute approximate surface area is 167 Å². The summed E-state index contributed by atoms with van der Waals surface area (Å²) in [4.78, 5) is 2.67. The van der Waals surface area contributed by atoms with E-state index in [2.05, 4.69) is 78.6 Å². The summed E-state index contributed by atoms with van der Waals surface area (Å²) >= 11 is 0. The summed E-state index contributed by atoms with van der Waals surface area (Å²) in [5.41, 5.74) is 3.04. The Morgan fingerprint density at radius 2 is 1.57 bits per heavy atom. The van der Waals surface area contributed by atoms with E-state index in [-0.39, 0.29) is 0 Å². The van der Waals surface area contributed by atoms with Gasteiger partial charge in [-0.15, -0.1) is 0 Å². The van der Waals surface area contributed by atoms with Crippen LogP contribution in [-0.2, 0) is 12.1 Å². The molecule has 0 aliphatic carbocycles. The smallest absolute Gasteiger partial charge is 0.0934 e. The molecule has 0 spiro atoms. The molecule has 0 saturated carbocycles. The van der Waals surface area contributed by atoms with Crippen LogP contribution in [0.2, 0.25) is 0 Å². The Bertz CT molecular complexity index is 966. The second-order valence-electron chi connectivity index (χ2n) is 8.81. The molecule has 2 aliphatic rings. The van der Waals surface area contributed by atoms with Crippen molar-refractivity contribution >= 4 is 10.8 Å². The van der Waals surface area contributed by atoms with E-state index in [1.54, 1.807) is 0 Å².